The number of carbonyl (C=O) groups is 1. The van der Waals surface area contributed by atoms with Crippen molar-refractivity contribution in [1.29, 1.82) is 0 Å². The number of hydrogen-bond acceptors (Lipinski definition) is 3. The second-order valence-corrected chi connectivity index (χ2v) is 6.05. The van der Waals surface area contributed by atoms with E-state index in [0.29, 0.717) is 12.2 Å². The lowest BCUT2D eigenvalue weighted by Crippen LogP contribution is -2.32. The molecular formula is C14H23N3O2. The first-order valence-electron chi connectivity index (χ1n) is 6.40. The van der Waals surface area contributed by atoms with Crippen LogP contribution in [0.3, 0.4) is 0 Å². The van der Waals surface area contributed by atoms with Gasteiger partial charge in [-0.2, -0.15) is 0 Å². The number of nitrogens with zero attached hydrogens (tertiary/aromatic N) is 1. The van der Waals surface area contributed by atoms with Crippen LogP contribution in [0.1, 0.15) is 27.2 Å². The molecule has 0 aliphatic rings. The molecule has 3 N–H and O–H groups in total. The Kier molecular flexibility index (Phi) is 4.89. The average Bonchev–Trinajstić information content (AvgIpc) is 2.29. The van der Waals surface area contributed by atoms with Crippen molar-refractivity contribution in [2.75, 3.05) is 11.9 Å². The van der Waals surface area contributed by atoms with Gasteiger partial charge in [0.2, 0.25) is 11.5 Å². The van der Waals surface area contributed by atoms with Gasteiger partial charge in [0.05, 0.1) is 11.6 Å². The monoisotopic (exact) mass is 265 g/mol. The lowest BCUT2D eigenvalue weighted by atomic mass is 9.84. The molecule has 1 heterocycles. The predicted octanol–water partition coefficient (Wildman–Crippen LogP) is 1.33. The number of hydrogen-bond donors (Lipinski definition) is 2. The number of pyridine rings is 1. The average molecular weight is 265 g/mol. The number of nitrogens with two attached hydrogens (primary N) is 1. The van der Waals surface area contributed by atoms with Gasteiger partial charge >= 0.3 is 0 Å². The van der Waals surface area contributed by atoms with E-state index in [2.05, 4.69) is 26.1 Å². The highest BCUT2D eigenvalue weighted by atomic mass is 16.2. The van der Waals surface area contributed by atoms with Crippen molar-refractivity contribution >= 4 is 11.6 Å². The number of rotatable bonds is 4. The van der Waals surface area contributed by atoms with Crippen LogP contribution >= 0.6 is 0 Å². The normalized spacial score (nSPS) is 13.1. The fraction of sp³-hybridized carbons (Fsp3) is 0.571. The molecule has 0 radical (unpaired) electrons. The van der Waals surface area contributed by atoms with Crippen molar-refractivity contribution in [3.8, 4) is 0 Å². The Bertz CT molecular complexity index is 500. The zero-order chi connectivity index (χ0) is 14.6. The number of amides is 1. The van der Waals surface area contributed by atoms with Crippen molar-refractivity contribution in [3.63, 3.8) is 0 Å². The molecule has 1 unspecified atom stereocenters. The van der Waals surface area contributed by atoms with Gasteiger partial charge in [-0.1, -0.05) is 20.8 Å². The van der Waals surface area contributed by atoms with Crippen molar-refractivity contribution in [1.82, 2.24) is 4.57 Å². The molecule has 0 aliphatic carbocycles. The van der Waals surface area contributed by atoms with Gasteiger partial charge in [0.1, 0.15) is 0 Å². The number of aryl methyl sites for hydroxylation is 1. The fourth-order valence-electron chi connectivity index (χ4n) is 1.93. The largest absolute Gasteiger partial charge is 0.330 e. The minimum Gasteiger partial charge on any atom is -0.330 e. The quantitative estimate of drug-likeness (QED) is 0.862. The topological polar surface area (TPSA) is 77.1 Å². The Labute approximate surface area is 113 Å². The van der Waals surface area contributed by atoms with Crippen LogP contribution in [0.5, 0.6) is 0 Å². The van der Waals surface area contributed by atoms with E-state index in [4.69, 9.17) is 5.73 Å². The van der Waals surface area contributed by atoms with E-state index in [-0.39, 0.29) is 22.8 Å². The SMILES string of the molecule is Cn1cc(NC(=O)C(CN)CC(C)(C)C)ccc1=O. The van der Waals surface area contributed by atoms with E-state index in [1.54, 1.807) is 19.3 Å². The molecule has 0 fully saturated rings. The Hall–Kier alpha value is -1.62. The number of nitrogens with one attached hydrogen (secondary N) is 1. The van der Waals surface area contributed by atoms with Crippen LogP contribution in [0.15, 0.2) is 23.1 Å². The molecule has 106 valence electrons. The van der Waals surface area contributed by atoms with Gasteiger partial charge in [0.15, 0.2) is 0 Å². The molecule has 0 aromatic carbocycles. The van der Waals surface area contributed by atoms with Crippen LogP contribution in [-0.4, -0.2) is 17.0 Å². The zero-order valence-electron chi connectivity index (χ0n) is 12.1. The molecule has 0 saturated heterocycles. The van der Waals surface area contributed by atoms with Crippen LogP contribution in [0.25, 0.3) is 0 Å². The van der Waals surface area contributed by atoms with Gasteiger partial charge in [-0.15, -0.1) is 0 Å². The highest BCUT2D eigenvalue weighted by molar-refractivity contribution is 5.92. The molecule has 0 saturated carbocycles. The fourth-order valence-corrected chi connectivity index (χ4v) is 1.93. The molecule has 1 aromatic heterocycles. The van der Waals surface area contributed by atoms with E-state index in [9.17, 15) is 9.59 Å². The molecule has 5 heteroatoms. The number of carbonyl (C=O) groups excluding carboxylic acids is 1. The van der Waals surface area contributed by atoms with Gasteiger partial charge in [0.25, 0.3) is 0 Å². The van der Waals surface area contributed by atoms with Crippen molar-refractivity contribution in [3.05, 3.63) is 28.7 Å². The molecule has 19 heavy (non-hydrogen) atoms. The summed E-state index contributed by atoms with van der Waals surface area (Å²) >= 11 is 0. The molecule has 0 spiro atoms. The summed E-state index contributed by atoms with van der Waals surface area (Å²) in [4.78, 5) is 23.4. The van der Waals surface area contributed by atoms with E-state index in [1.807, 2.05) is 0 Å². The molecule has 5 nitrogen and oxygen atoms in total. The summed E-state index contributed by atoms with van der Waals surface area (Å²) in [5.74, 6) is -0.326. The van der Waals surface area contributed by atoms with Crippen LogP contribution < -0.4 is 16.6 Å². The smallest absolute Gasteiger partial charge is 0.250 e. The number of aromatic nitrogens is 1. The standard InChI is InChI=1S/C14H23N3O2/c1-14(2,3)7-10(8-15)13(19)16-11-5-6-12(18)17(4)9-11/h5-6,9-10H,7-8,15H2,1-4H3,(H,16,19). The molecule has 1 amide bonds. The summed E-state index contributed by atoms with van der Waals surface area (Å²) in [7, 11) is 1.65. The molecule has 1 rings (SSSR count). The maximum Gasteiger partial charge on any atom is 0.250 e. The van der Waals surface area contributed by atoms with Gasteiger partial charge in [-0.05, 0) is 17.9 Å². The maximum atomic E-state index is 12.1. The third-order valence-corrected chi connectivity index (χ3v) is 2.87. The Morgan fingerprint density at radius 2 is 2.05 bits per heavy atom. The lowest BCUT2D eigenvalue weighted by molar-refractivity contribution is -0.120. The van der Waals surface area contributed by atoms with Crippen molar-refractivity contribution in [2.45, 2.75) is 27.2 Å². The van der Waals surface area contributed by atoms with Gasteiger partial charge in [0, 0.05) is 25.9 Å². The van der Waals surface area contributed by atoms with Crippen LogP contribution in [0.4, 0.5) is 5.69 Å². The Balaban J connectivity index is 2.77. The summed E-state index contributed by atoms with van der Waals surface area (Å²) in [6.07, 6.45) is 2.33. The zero-order valence-corrected chi connectivity index (χ0v) is 12.1. The summed E-state index contributed by atoms with van der Waals surface area (Å²) in [6, 6.07) is 3.03. The Morgan fingerprint density at radius 3 is 2.53 bits per heavy atom. The predicted molar refractivity (Wildman–Crippen MR) is 76.9 cm³/mol. The third kappa shape index (κ3) is 4.87. The van der Waals surface area contributed by atoms with E-state index >= 15 is 0 Å². The van der Waals surface area contributed by atoms with Gasteiger partial charge < -0.3 is 15.6 Å². The van der Waals surface area contributed by atoms with E-state index < -0.39 is 0 Å². The summed E-state index contributed by atoms with van der Waals surface area (Å²) < 4.78 is 1.43. The molecule has 0 bridgehead atoms. The first-order valence-corrected chi connectivity index (χ1v) is 6.40. The van der Waals surface area contributed by atoms with E-state index in [1.165, 1.54) is 10.6 Å². The first kappa shape index (κ1) is 15.4. The molecule has 1 atom stereocenters. The van der Waals surface area contributed by atoms with E-state index in [0.717, 1.165) is 6.42 Å². The number of anilines is 1. The van der Waals surface area contributed by atoms with Gasteiger partial charge in [-0.25, -0.2) is 0 Å². The first-order chi connectivity index (χ1) is 8.73. The third-order valence-electron chi connectivity index (χ3n) is 2.87. The summed E-state index contributed by atoms with van der Waals surface area (Å²) in [5.41, 5.74) is 6.22. The molecular weight excluding hydrogens is 242 g/mol. The van der Waals surface area contributed by atoms with Crippen LogP contribution in [-0.2, 0) is 11.8 Å². The second-order valence-electron chi connectivity index (χ2n) is 6.05. The highest BCUT2D eigenvalue weighted by Gasteiger charge is 2.23. The minimum absolute atomic E-state index is 0.0465. The second kappa shape index (κ2) is 6.02. The Morgan fingerprint density at radius 1 is 1.42 bits per heavy atom. The van der Waals surface area contributed by atoms with Crippen molar-refractivity contribution in [2.24, 2.45) is 24.1 Å². The minimum atomic E-state index is -0.225. The lowest BCUT2D eigenvalue weighted by Gasteiger charge is -2.24. The summed E-state index contributed by atoms with van der Waals surface area (Å²) in [6.45, 7) is 6.55. The molecule has 1 aromatic rings. The van der Waals surface area contributed by atoms with Crippen molar-refractivity contribution < 1.29 is 4.79 Å². The van der Waals surface area contributed by atoms with Crippen LogP contribution in [0, 0.1) is 11.3 Å². The molecule has 0 aliphatic heterocycles. The highest BCUT2D eigenvalue weighted by Crippen LogP contribution is 2.24. The van der Waals surface area contributed by atoms with Gasteiger partial charge in [-0.3, -0.25) is 9.59 Å². The maximum absolute atomic E-state index is 12.1. The summed E-state index contributed by atoms with van der Waals surface area (Å²) in [5, 5.41) is 2.80. The van der Waals surface area contributed by atoms with Crippen LogP contribution in [0.2, 0.25) is 0 Å².